The largest absolute Gasteiger partial charge is 0.497 e. The Kier molecular flexibility index (Phi) is 9.66. The van der Waals surface area contributed by atoms with E-state index in [9.17, 15) is 14.4 Å². The first kappa shape index (κ1) is 30.2. The first-order valence-electron chi connectivity index (χ1n) is 14.6. The molecule has 1 aromatic heterocycles. The Morgan fingerprint density at radius 3 is 2.28 bits per heavy atom. The summed E-state index contributed by atoms with van der Waals surface area (Å²) in [6, 6.07) is 17.2. The van der Waals surface area contributed by atoms with E-state index >= 15 is 4.39 Å². The lowest BCUT2D eigenvalue weighted by molar-refractivity contribution is 0.0645. The van der Waals surface area contributed by atoms with E-state index in [0.717, 1.165) is 11.3 Å². The van der Waals surface area contributed by atoms with Gasteiger partial charge in [-0.2, -0.15) is 0 Å². The Hall–Kier alpha value is -4.31. The quantitative estimate of drug-likeness (QED) is 0.375. The van der Waals surface area contributed by atoms with Crippen LogP contribution in [-0.4, -0.2) is 85.0 Å². The number of alkyl halides is 1. The molecule has 1 N–H and O–H groups in total. The number of nitrogens with one attached hydrogen (secondary N) is 1. The summed E-state index contributed by atoms with van der Waals surface area (Å²) in [6.45, 7) is 2.37. The fourth-order valence-electron chi connectivity index (χ4n) is 5.71. The summed E-state index contributed by atoms with van der Waals surface area (Å²) in [5, 5.41) is 2.80. The average molecular weight is 589 g/mol. The second-order valence-electron chi connectivity index (χ2n) is 11.1. The van der Waals surface area contributed by atoms with Crippen LogP contribution < -0.4 is 14.8 Å². The van der Waals surface area contributed by atoms with Crippen molar-refractivity contribution in [2.24, 2.45) is 5.92 Å². The number of methoxy groups -OCH3 is 2. The molecule has 0 saturated carbocycles. The Bertz CT molecular complexity index is 1420. The monoisotopic (exact) mass is 588 g/mol. The molecule has 226 valence electrons. The number of piperidine rings is 2. The number of hydrogen-bond donors (Lipinski definition) is 1. The first-order valence-corrected chi connectivity index (χ1v) is 14.6. The molecule has 0 radical (unpaired) electrons. The number of Topliss-reactive ketones (excluding diaryl/α,β-unsaturated/α-hetero) is 1. The van der Waals surface area contributed by atoms with Gasteiger partial charge < -0.3 is 19.7 Å². The molecule has 9 nitrogen and oxygen atoms in total. The van der Waals surface area contributed by atoms with Crippen LogP contribution in [-0.2, 0) is 6.54 Å². The van der Waals surface area contributed by atoms with Crippen LogP contribution in [0.1, 0.15) is 56.0 Å². The summed E-state index contributed by atoms with van der Waals surface area (Å²) < 4.78 is 25.5. The highest BCUT2D eigenvalue weighted by Crippen LogP contribution is 2.24. The van der Waals surface area contributed by atoms with E-state index in [-0.39, 0.29) is 35.4 Å². The molecular weight excluding hydrogens is 551 g/mol. The van der Waals surface area contributed by atoms with Gasteiger partial charge in [0.25, 0.3) is 11.8 Å². The predicted octanol–water partition coefficient (Wildman–Crippen LogP) is 4.18. The van der Waals surface area contributed by atoms with E-state index in [1.54, 1.807) is 49.5 Å². The fraction of sp³-hybridized carbons (Fsp3) is 0.394. The maximum absolute atomic E-state index is 15.0. The fourth-order valence-corrected chi connectivity index (χ4v) is 5.71. The number of ketones is 1. The van der Waals surface area contributed by atoms with Gasteiger partial charge in [-0.3, -0.25) is 24.3 Å². The van der Waals surface area contributed by atoms with E-state index in [2.05, 4.69) is 10.3 Å². The van der Waals surface area contributed by atoms with Gasteiger partial charge in [-0.25, -0.2) is 4.39 Å². The summed E-state index contributed by atoms with van der Waals surface area (Å²) in [6.07, 6.45) is 1.77. The zero-order valence-electron chi connectivity index (χ0n) is 24.5. The molecule has 2 saturated heterocycles. The third-order valence-corrected chi connectivity index (χ3v) is 8.25. The van der Waals surface area contributed by atoms with Crippen LogP contribution in [0.3, 0.4) is 0 Å². The van der Waals surface area contributed by atoms with E-state index in [0.29, 0.717) is 56.8 Å². The van der Waals surface area contributed by atoms with Gasteiger partial charge in [0, 0.05) is 50.4 Å². The summed E-state index contributed by atoms with van der Waals surface area (Å²) in [4.78, 5) is 46.8. The van der Waals surface area contributed by atoms with Gasteiger partial charge in [0.2, 0.25) is 0 Å². The van der Waals surface area contributed by atoms with Crippen LogP contribution >= 0.6 is 0 Å². The topological polar surface area (TPSA) is 101 Å². The number of carbonyl (C=O) groups is 3. The number of amides is 2. The molecule has 2 amide bonds. The van der Waals surface area contributed by atoms with Gasteiger partial charge in [-0.15, -0.1) is 0 Å². The van der Waals surface area contributed by atoms with Crippen LogP contribution in [0.25, 0.3) is 0 Å². The molecule has 0 bridgehead atoms. The third kappa shape index (κ3) is 7.37. The lowest BCUT2D eigenvalue weighted by Gasteiger charge is -2.35. The van der Waals surface area contributed by atoms with Crippen molar-refractivity contribution < 1.29 is 28.2 Å². The summed E-state index contributed by atoms with van der Waals surface area (Å²) >= 11 is 0. The highest BCUT2D eigenvalue weighted by molar-refractivity contribution is 5.99. The van der Waals surface area contributed by atoms with Crippen molar-refractivity contribution in [2.75, 3.05) is 40.4 Å². The number of carbonyl (C=O) groups excluding carboxylic acids is 3. The van der Waals surface area contributed by atoms with Crippen molar-refractivity contribution in [1.29, 1.82) is 0 Å². The first-order chi connectivity index (χ1) is 20.8. The standard InChI is InChI=1S/C33H37FN4O5/c1-42-26-9-6-23(7-10-26)31(39)24-12-16-38(17-13-24)33(41)30-11-8-25(19-35-30)32(40)36-29-14-15-37(21-28(29)34)20-22-4-3-5-27(18-22)43-2/h3-11,18-19,24,28-29H,12-17,20-21H2,1-2H3,(H,36,40)/t28-,29-/m1/s1. The zero-order valence-corrected chi connectivity index (χ0v) is 24.5. The number of benzene rings is 2. The SMILES string of the molecule is COc1ccc(C(=O)C2CCN(C(=O)c3ccc(C(=O)N[C@@H]4CCN(Cc5cccc(OC)c5)C[C@H]4F)cn3)CC2)cc1. The van der Waals surface area contributed by atoms with Crippen molar-refractivity contribution >= 4 is 17.6 Å². The van der Waals surface area contributed by atoms with E-state index < -0.39 is 18.1 Å². The number of pyridine rings is 1. The van der Waals surface area contributed by atoms with Gasteiger partial charge in [-0.05, 0) is 73.4 Å². The molecular formula is C33H37FN4O5. The summed E-state index contributed by atoms with van der Waals surface area (Å²) in [7, 11) is 3.20. The van der Waals surface area contributed by atoms with Gasteiger partial charge in [-0.1, -0.05) is 12.1 Å². The molecule has 2 aliphatic heterocycles. The molecule has 2 atom stereocenters. The number of rotatable bonds is 9. The number of hydrogen-bond acceptors (Lipinski definition) is 7. The minimum Gasteiger partial charge on any atom is -0.497 e. The minimum atomic E-state index is -1.21. The maximum atomic E-state index is 15.0. The van der Waals surface area contributed by atoms with E-state index in [1.807, 2.05) is 29.2 Å². The molecule has 0 spiro atoms. The summed E-state index contributed by atoms with van der Waals surface area (Å²) in [5.74, 6) is 0.722. The molecule has 2 fully saturated rings. The van der Waals surface area contributed by atoms with Crippen LogP contribution in [0.4, 0.5) is 4.39 Å². The number of halogens is 1. The number of ether oxygens (including phenoxy) is 2. The van der Waals surface area contributed by atoms with Crippen molar-refractivity contribution in [3.8, 4) is 11.5 Å². The Labute approximate surface area is 251 Å². The maximum Gasteiger partial charge on any atom is 0.272 e. The molecule has 2 aliphatic rings. The molecule has 10 heteroatoms. The molecule has 0 unspecified atom stereocenters. The number of nitrogens with zero attached hydrogens (tertiary/aromatic N) is 3. The van der Waals surface area contributed by atoms with Gasteiger partial charge in [0.05, 0.1) is 25.8 Å². The van der Waals surface area contributed by atoms with Crippen LogP contribution in [0.2, 0.25) is 0 Å². The lowest BCUT2D eigenvalue weighted by atomic mass is 9.88. The van der Waals surface area contributed by atoms with Gasteiger partial charge in [0.1, 0.15) is 23.4 Å². The van der Waals surface area contributed by atoms with Crippen molar-refractivity contribution in [3.05, 3.63) is 89.2 Å². The van der Waals surface area contributed by atoms with Crippen LogP contribution in [0, 0.1) is 5.92 Å². The van der Waals surface area contributed by atoms with Gasteiger partial charge >= 0.3 is 0 Å². The normalized spacial score (nSPS) is 19.5. The molecule has 5 rings (SSSR count). The molecule has 3 aromatic rings. The number of likely N-dealkylation sites (tertiary alicyclic amines) is 2. The molecule has 0 aliphatic carbocycles. The summed E-state index contributed by atoms with van der Waals surface area (Å²) in [5.41, 5.74) is 2.18. The highest BCUT2D eigenvalue weighted by atomic mass is 19.1. The van der Waals surface area contributed by atoms with Crippen molar-refractivity contribution in [3.63, 3.8) is 0 Å². The molecule has 2 aromatic carbocycles. The third-order valence-electron chi connectivity index (χ3n) is 8.25. The van der Waals surface area contributed by atoms with Crippen molar-refractivity contribution in [2.45, 2.75) is 38.0 Å². The smallest absolute Gasteiger partial charge is 0.272 e. The molecule has 3 heterocycles. The van der Waals surface area contributed by atoms with Gasteiger partial charge in [0.15, 0.2) is 5.78 Å². The second-order valence-corrected chi connectivity index (χ2v) is 11.1. The van der Waals surface area contributed by atoms with E-state index in [4.69, 9.17) is 9.47 Å². The zero-order chi connectivity index (χ0) is 30.3. The van der Waals surface area contributed by atoms with Crippen LogP contribution in [0.5, 0.6) is 11.5 Å². The van der Waals surface area contributed by atoms with E-state index in [1.165, 1.54) is 12.3 Å². The van der Waals surface area contributed by atoms with Crippen molar-refractivity contribution in [1.82, 2.24) is 20.1 Å². The highest BCUT2D eigenvalue weighted by Gasteiger charge is 2.31. The number of aromatic nitrogens is 1. The second kappa shape index (κ2) is 13.8. The predicted molar refractivity (Wildman–Crippen MR) is 159 cm³/mol. The lowest BCUT2D eigenvalue weighted by Crippen LogP contribution is -2.52. The average Bonchev–Trinajstić information content (AvgIpc) is 3.05. The Morgan fingerprint density at radius 2 is 1.63 bits per heavy atom. The Balaban J connectivity index is 1.09. The Morgan fingerprint density at radius 1 is 0.907 bits per heavy atom. The van der Waals surface area contributed by atoms with Crippen LogP contribution in [0.15, 0.2) is 66.9 Å². The minimum absolute atomic E-state index is 0.0706. The molecule has 43 heavy (non-hydrogen) atoms.